The van der Waals surface area contributed by atoms with E-state index in [4.69, 9.17) is 11.6 Å². The standard InChI is InChI=1S/C24H27ClN4O5S/c1-16-6-8-17(9-7-16)24(2)22(31)29(23(32)27-24)15-21(30)26-18-10-11-19(25)20(14-18)35(33,34)28-12-4-3-5-13-28/h6-11,14H,3-5,12-13,15H2,1-2H3,(H,26,30)(H,27,32)/t24-/m0/s1. The SMILES string of the molecule is Cc1ccc([C@]2(C)NC(=O)N(CC(=O)Nc3ccc(Cl)c(S(=O)(=O)N4CCCCC4)c3)C2=O)cc1. The van der Waals surface area contributed by atoms with Crippen molar-refractivity contribution in [1.82, 2.24) is 14.5 Å². The van der Waals surface area contributed by atoms with Crippen LogP contribution in [0.15, 0.2) is 47.4 Å². The van der Waals surface area contributed by atoms with Gasteiger partial charge in [-0.2, -0.15) is 4.31 Å². The van der Waals surface area contributed by atoms with Crippen LogP contribution < -0.4 is 10.6 Å². The first-order valence-corrected chi connectivity index (χ1v) is 13.1. The highest BCUT2D eigenvalue weighted by Crippen LogP contribution is 2.31. The highest BCUT2D eigenvalue weighted by Gasteiger charge is 2.49. The summed E-state index contributed by atoms with van der Waals surface area (Å²) in [5.74, 6) is -1.20. The number of carbonyl (C=O) groups is 3. The fourth-order valence-electron chi connectivity index (χ4n) is 4.29. The van der Waals surface area contributed by atoms with Crippen molar-refractivity contribution < 1.29 is 22.8 Å². The molecule has 4 rings (SSSR count). The molecular weight excluding hydrogens is 492 g/mol. The largest absolute Gasteiger partial charge is 0.325 e. The third kappa shape index (κ3) is 4.91. The molecule has 2 N–H and O–H groups in total. The molecule has 2 aliphatic rings. The number of aryl methyl sites for hydroxylation is 1. The van der Waals surface area contributed by atoms with Crippen LogP contribution in [0.25, 0.3) is 0 Å². The van der Waals surface area contributed by atoms with Gasteiger partial charge in [0.05, 0.1) is 5.02 Å². The van der Waals surface area contributed by atoms with Gasteiger partial charge in [0.25, 0.3) is 5.91 Å². The van der Waals surface area contributed by atoms with E-state index in [-0.39, 0.29) is 15.6 Å². The summed E-state index contributed by atoms with van der Waals surface area (Å²) in [4.78, 5) is 39.1. The Kier molecular flexibility index (Phi) is 6.90. The smallest absolute Gasteiger partial charge is 0.324 e. The van der Waals surface area contributed by atoms with Gasteiger partial charge in [-0.05, 0) is 50.5 Å². The highest BCUT2D eigenvalue weighted by atomic mass is 35.5. The number of carbonyl (C=O) groups excluding carboxylic acids is 3. The number of nitrogens with one attached hydrogen (secondary N) is 2. The number of hydrogen-bond donors (Lipinski definition) is 2. The zero-order chi connectivity index (χ0) is 25.4. The average molecular weight is 519 g/mol. The third-order valence-corrected chi connectivity index (χ3v) is 8.73. The summed E-state index contributed by atoms with van der Waals surface area (Å²) >= 11 is 6.19. The van der Waals surface area contributed by atoms with Crippen LogP contribution in [0.5, 0.6) is 0 Å². The maximum absolute atomic E-state index is 13.1. The second-order valence-electron chi connectivity index (χ2n) is 8.97. The number of anilines is 1. The molecule has 1 atom stereocenters. The normalized spacial score (nSPS) is 21.2. The van der Waals surface area contributed by atoms with E-state index < -0.39 is 40.0 Å². The molecule has 2 aromatic carbocycles. The average Bonchev–Trinajstić information content (AvgIpc) is 3.05. The Morgan fingerprint density at radius 1 is 1.09 bits per heavy atom. The molecule has 0 aromatic heterocycles. The van der Waals surface area contributed by atoms with Crippen LogP contribution in [0.1, 0.15) is 37.3 Å². The Hall–Kier alpha value is -2.95. The first-order valence-electron chi connectivity index (χ1n) is 11.3. The molecule has 2 aliphatic heterocycles. The van der Waals surface area contributed by atoms with Gasteiger partial charge in [0.2, 0.25) is 15.9 Å². The van der Waals surface area contributed by atoms with Gasteiger partial charge < -0.3 is 10.6 Å². The summed E-state index contributed by atoms with van der Waals surface area (Å²) in [5, 5.41) is 5.29. The maximum atomic E-state index is 13.1. The van der Waals surface area contributed by atoms with E-state index in [0.717, 1.165) is 29.7 Å². The fraction of sp³-hybridized carbons (Fsp3) is 0.375. The van der Waals surface area contributed by atoms with Crippen LogP contribution in [0.3, 0.4) is 0 Å². The van der Waals surface area contributed by atoms with Crippen molar-refractivity contribution in [3.8, 4) is 0 Å². The minimum absolute atomic E-state index is 0.0523. The van der Waals surface area contributed by atoms with Gasteiger partial charge in [-0.3, -0.25) is 14.5 Å². The van der Waals surface area contributed by atoms with Gasteiger partial charge in [0, 0.05) is 18.8 Å². The number of piperidine rings is 1. The maximum Gasteiger partial charge on any atom is 0.325 e. The van der Waals surface area contributed by atoms with Crippen LogP contribution in [0.2, 0.25) is 5.02 Å². The number of hydrogen-bond acceptors (Lipinski definition) is 5. The van der Waals surface area contributed by atoms with Crippen molar-refractivity contribution in [2.45, 2.75) is 43.5 Å². The van der Waals surface area contributed by atoms with E-state index in [2.05, 4.69) is 10.6 Å². The van der Waals surface area contributed by atoms with Gasteiger partial charge in [-0.25, -0.2) is 13.2 Å². The van der Waals surface area contributed by atoms with Gasteiger partial charge in [-0.1, -0.05) is 47.9 Å². The molecule has 11 heteroatoms. The quantitative estimate of drug-likeness (QED) is 0.569. The van der Waals surface area contributed by atoms with Gasteiger partial charge >= 0.3 is 6.03 Å². The Bertz CT molecular complexity index is 1280. The molecule has 0 radical (unpaired) electrons. The van der Waals surface area contributed by atoms with Crippen LogP contribution >= 0.6 is 11.6 Å². The van der Waals surface area contributed by atoms with Crippen molar-refractivity contribution in [1.29, 1.82) is 0 Å². The van der Waals surface area contributed by atoms with Crippen molar-refractivity contribution in [3.05, 3.63) is 58.6 Å². The number of nitrogens with zero attached hydrogens (tertiary/aromatic N) is 2. The minimum Gasteiger partial charge on any atom is -0.324 e. The number of amides is 4. The Balaban J connectivity index is 1.49. The second kappa shape index (κ2) is 9.60. The van der Waals surface area contributed by atoms with Gasteiger partial charge in [0.1, 0.15) is 17.0 Å². The van der Waals surface area contributed by atoms with E-state index >= 15 is 0 Å². The summed E-state index contributed by atoms with van der Waals surface area (Å²) in [6.07, 6.45) is 2.53. The number of benzene rings is 2. The molecule has 2 saturated heterocycles. The molecule has 9 nitrogen and oxygen atoms in total. The zero-order valence-electron chi connectivity index (χ0n) is 19.5. The molecule has 0 spiro atoms. The molecular formula is C24H27ClN4O5S. The summed E-state index contributed by atoms with van der Waals surface area (Å²) in [7, 11) is -3.82. The highest BCUT2D eigenvalue weighted by molar-refractivity contribution is 7.89. The Labute approximate surface area is 209 Å². The van der Waals surface area contributed by atoms with E-state index in [1.54, 1.807) is 19.1 Å². The molecule has 35 heavy (non-hydrogen) atoms. The van der Waals surface area contributed by atoms with E-state index in [1.807, 2.05) is 19.1 Å². The lowest BCUT2D eigenvalue weighted by Crippen LogP contribution is -2.42. The number of halogens is 1. The molecule has 2 aromatic rings. The topological polar surface area (TPSA) is 116 Å². The van der Waals surface area contributed by atoms with Crippen molar-refractivity contribution in [2.24, 2.45) is 0 Å². The summed E-state index contributed by atoms with van der Waals surface area (Å²) < 4.78 is 27.5. The predicted octanol–water partition coefficient (Wildman–Crippen LogP) is 3.23. The van der Waals surface area contributed by atoms with Crippen molar-refractivity contribution >= 4 is 45.2 Å². The number of rotatable bonds is 6. The molecule has 2 fully saturated rings. The molecule has 186 valence electrons. The lowest BCUT2D eigenvalue weighted by atomic mass is 9.91. The Morgan fingerprint density at radius 2 is 1.74 bits per heavy atom. The van der Waals surface area contributed by atoms with Crippen LogP contribution in [-0.2, 0) is 25.2 Å². The van der Waals surface area contributed by atoms with Crippen LogP contribution in [0.4, 0.5) is 10.5 Å². The van der Waals surface area contributed by atoms with E-state index in [0.29, 0.717) is 18.7 Å². The minimum atomic E-state index is -3.82. The van der Waals surface area contributed by atoms with E-state index in [1.165, 1.54) is 22.5 Å². The summed E-state index contributed by atoms with van der Waals surface area (Å²) in [6, 6.07) is 10.7. The Morgan fingerprint density at radius 3 is 2.40 bits per heavy atom. The lowest BCUT2D eigenvalue weighted by Gasteiger charge is -2.26. The monoisotopic (exact) mass is 518 g/mol. The van der Waals surface area contributed by atoms with Gasteiger partial charge in [-0.15, -0.1) is 0 Å². The number of urea groups is 1. The van der Waals surface area contributed by atoms with Gasteiger partial charge in [0.15, 0.2) is 0 Å². The molecule has 4 amide bonds. The molecule has 0 bridgehead atoms. The molecule has 0 unspecified atom stereocenters. The molecule has 0 saturated carbocycles. The number of imide groups is 1. The third-order valence-electron chi connectivity index (χ3n) is 6.35. The fourth-order valence-corrected chi connectivity index (χ4v) is 6.31. The van der Waals surface area contributed by atoms with Crippen LogP contribution in [0, 0.1) is 6.92 Å². The summed E-state index contributed by atoms with van der Waals surface area (Å²) in [6.45, 7) is 3.82. The molecule has 2 heterocycles. The zero-order valence-corrected chi connectivity index (χ0v) is 21.1. The summed E-state index contributed by atoms with van der Waals surface area (Å²) in [5.41, 5.74) is 0.522. The van der Waals surface area contributed by atoms with Crippen molar-refractivity contribution in [2.75, 3.05) is 25.0 Å². The lowest BCUT2D eigenvalue weighted by molar-refractivity contribution is -0.133. The van der Waals surface area contributed by atoms with E-state index in [9.17, 15) is 22.8 Å². The second-order valence-corrected chi connectivity index (χ2v) is 11.3. The first-order chi connectivity index (χ1) is 16.5. The van der Waals surface area contributed by atoms with Crippen LogP contribution in [-0.4, -0.2) is 55.1 Å². The molecule has 0 aliphatic carbocycles. The van der Waals surface area contributed by atoms with Crippen molar-refractivity contribution in [3.63, 3.8) is 0 Å². The predicted molar refractivity (Wildman–Crippen MR) is 131 cm³/mol. The first kappa shape index (κ1) is 25.2. The number of sulfonamides is 1.